The number of benzene rings is 11. The summed E-state index contributed by atoms with van der Waals surface area (Å²) < 4.78 is 145. The van der Waals surface area contributed by atoms with E-state index >= 15 is 4.79 Å². The summed E-state index contributed by atoms with van der Waals surface area (Å²) in [5.74, 6) is -1.76. The number of esters is 1. The maximum atomic E-state index is 15.0. The van der Waals surface area contributed by atoms with E-state index in [0.29, 0.717) is 0 Å². The van der Waals surface area contributed by atoms with Crippen molar-refractivity contribution in [1.82, 2.24) is 5.32 Å². The average Bonchev–Trinajstić information content (AvgIpc) is 0.754. The summed E-state index contributed by atoms with van der Waals surface area (Å²) >= 11 is 20.1. The predicted molar refractivity (Wildman–Crippen MR) is 535 cm³/mol. The Balaban J connectivity index is 0.905. The molecule has 4 heterocycles. The van der Waals surface area contributed by atoms with Crippen LogP contribution in [0.2, 0.25) is 5.04 Å². The highest BCUT2D eigenvalue weighted by Crippen LogP contribution is 2.43. The fourth-order valence-electron chi connectivity index (χ4n) is 18.0. The molecule has 4 saturated heterocycles. The molecule has 11 aromatic rings. The molecule has 4 fully saturated rings. The second-order valence-electron chi connectivity index (χ2n) is 35.8. The Morgan fingerprint density at radius 3 is 0.957 bits per heavy atom. The summed E-state index contributed by atoms with van der Waals surface area (Å²) in [7, 11) is -3.49. The van der Waals surface area contributed by atoms with Crippen molar-refractivity contribution in [2.45, 2.75) is 219 Å². The van der Waals surface area contributed by atoms with Gasteiger partial charge in [-0.15, -0.1) is 13.2 Å². The van der Waals surface area contributed by atoms with Crippen LogP contribution in [0, 0.1) is 0 Å². The molecule has 15 rings (SSSR count). The number of nitrogens with one attached hydrogen (secondary N) is 1. The van der Waals surface area contributed by atoms with E-state index in [2.05, 4.69) is 63.5 Å². The molecule has 0 unspecified atom stereocenters. The maximum absolute atomic E-state index is 15.0. The number of amides is 1. The molecular formula is C113H124Cl3NO22Si. The molecule has 4 aliphatic rings. The molecule has 140 heavy (non-hydrogen) atoms. The van der Waals surface area contributed by atoms with E-state index in [-0.39, 0.29) is 92.5 Å². The number of halogens is 3. The van der Waals surface area contributed by atoms with Gasteiger partial charge in [0.1, 0.15) is 91.5 Å². The molecule has 0 bridgehead atoms. The Labute approximate surface area is 836 Å². The van der Waals surface area contributed by atoms with Crippen molar-refractivity contribution in [2.75, 3.05) is 39.6 Å². The molecule has 11 aromatic carbocycles. The monoisotopic (exact) mass is 1980 g/mol. The van der Waals surface area contributed by atoms with Crippen molar-refractivity contribution in [1.29, 1.82) is 0 Å². The molecule has 738 valence electrons. The summed E-state index contributed by atoms with van der Waals surface area (Å²) in [6.45, 7) is 15.4. The lowest BCUT2D eigenvalue weighted by Gasteiger charge is -2.51. The first-order valence-electron chi connectivity index (χ1n) is 47.5. The van der Waals surface area contributed by atoms with Gasteiger partial charge in [-0.1, -0.05) is 401 Å². The van der Waals surface area contributed by atoms with Gasteiger partial charge in [-0.2, -0.15) is 0 Å². The Morgan fingerprint density at radius 2 is 0.600 bits per heavy atom. The van der Waals surface area contributed by atoms with Crippen LogP contribution in [-0.2, 0) is 163 Å². The fourth-order valence-corrected chi connectivity index (χ4v) is 22.8. The van der Waals surface area contributed by atoms with E-state index in [9.17, 15) is 4.79 Å². The van der Waals surface area contributed by atoms with Gasteiger partial charge in [0, 0.05) is 6.92 Å². The average molecular weight is 1980 g/mol. The minimum Gasteiger partial charge on any atom is -0.454 e. The number of hydrogen-bond acceptors (Lipinski definition) is 22. The minimum absolute atomic E-state index is 0.000892. The smallest absolute Gasteiger partial charge is 0.303 e. The molecule has 0 aromatic heterocycles. The second kappa shape index (κ2) is 53.0. The lowest BCUT2D eigenvalue weighted by Crippen LogP contribution is -2.70. The van der Waals surface area contributed by atoms with Crippen LogP contribution in [0.15, 0.2) is 359 Å². The van der Waals surface area contributed by atoms with Gasteiger partial charge < -0.3 is 99.7 Å². The first-order chi connectivity index (χ1) is 68.4. The number of hydrogen-bond donors (Lipinski definition) is 1. The van der Waals surface area contributed by atoms with Crippen molar-refractivity contribution in [3.63, 3.8) is 0 Å². The van der Waals surface area contributed by atoms with Crippen LogP contribution in [0.5, 0.6) is 0 Å². The standard InChI is InChI=1S/C113H124Cl3NO22Si/c1-7-64-122-104-103(130-74-88-58-36-17-37-59-88)99(138-107-95(117-111(119)113(114,115)116)100(127-71-85-52-30-14-31-53-85)96(124-68-82-46-24-11-25-47-82)91(134-107)75-120-66-80-42-20-9-21-43-80)93(136-108(104)123-65-8-2)77-131-109-105(101(128-72-86-54-32-15-33-55-86)97(125-69-83-48-26-12-27-49-83)92(135-109)76-121-67-81-44-22-10-23-45-81)139-110-106(133-79(3)118)102(129-73-87-56-34-16-35-57-87)98(126-70-84-50-28-13-29-51-84)94(137-110)78-132-140(112(4,5)6,89-60-38-18-39-61-89)90-62-40-19-41-63-90/h7-63,91-110H,1-2,64-78H2,3-6H3,(H,117,119)/t91-,92-,93-,94-,95-,96+,97-,98-,99-,100-,101+,102+,103+,104+,105+,106+,107+,108+,109+,110-/m1/s1. The lowest BCUT2D eigenvalue weighted by atomic mass is 9.94. The van der Waals surface area contributed by atoms with Gasteiger partial charge in [0.25, 0.3) is 18.0 Å². The number of carbonyl (C=O) groups is 2. The highest BCUT2D eigenvalue weighted by atomic mass is 35.6. The van der Waals surface area contributed by atoms with Crippen LogP contribution >= 0.6 is 34.8 Å². The molecule has 23 nitrogen and oxygen atoms in total. The molecule has 4 aliphatic heterocycles. The third kappa shape index (κ3) is 29.0. The van der Waals surface area contributed by atoms with E-state index in [1.165, 1.54) is 6.92 Å². The zero-order valence-electron chi connectivity index (χ0n) is 79.1. The quantitative estimate of drug-likeness (QED) is 0.0162. The first-order valence-corrected chi connectivity index (χ1v) is 50.5. The zero-order chi connectivity index (χ0) is 97.3. The van der Waals surface area contributed by atoms with Crippen LogP contribution in [-0.4, -0.2) is 186 Å². The van der Waals surface area contributed by atoms with E-state index in [1.807, 2.05) is 309 Å². The summed E-state index contributed by atoms with van der Waals surface area (Å²) in [5.41, 5.74) is 7.35. The van der Waals surface area contributed by atoms with Gasteiger partial charge in [-0.25, -0.2) is 0 Å². The van der Waals surface area contributed by atoms with E-state index in [1.54, 1.807) is 12.2 Å². The molecule has 0 radical (unpaired) electrons. The number of ether oxygens (including phenoxy) is 19. The normalized spacial score (nSPS) is 25.0. The topological polar surface area (TPSA) is 231 Å². The largest absolute Gasteiger partial charge is 0.454 e. The molecule has 0 spiro atoms. The Hall–Kier alpha value is -9.83. The van der Waals surface area contributed by atoms with E-state index in [4.69, 9.17) is 129 Å². The van der Waals surface area contributed by atoms with Crippen LogP contribution < -0.4 is 15.7 Å². The van der Waals surface area contributed by atoms with Crippen molar-refractivity contribution < 1.29 is 104 Å². The van der Waals surface area contributed by atoms with Gasteiger partial charge in [0.2, 0.25) is 0 Å². The van der Waals surface area contributed by atoms with Crippen molar-refractivity contribution in [3.05, 3.63) is 409 Å². The Kier molecular flexibility index (Phi) is 39.5. The summed E-state index contributed by atoms with van der Waals surface area (Å²) in [5, 5.41) is 4.49. The molecule has 27 heteroatoms. The van der Waals surface area contributed by atoms with Crippen molar-refractivity contribution >= 4 is 65.4 Å². The van der Waals surface area contributed by atoms with Crippen LogP contribution in [0.4, 0.5) is 0 Å². The molecule has 1 N–H and O–H groups in total. The van der Waals surface area contributed by atoms with Crippen molar-refractivity contribution in [3.8, 4) is 0 Å². The SMILES string of the molecule is C=CCO[C@H]1O[C@H](CO[C@H]2O[C@H](COCc3ccccc3)[C@@H](OCc3ccccc3)[C@H](OCc3ccccc3)[C@@H]2O[C@H]2O[C@H](CO[Si](c3ccccc3)(c3ccccc3)C(C)(C)C)[C@@H](OCc3ccccc3)[C@H](OCc3ccccc3)[C@@H]2OC(C)=O)[C@@H](O[C@@H]2O[C@H](COCc3ccccc3)[C@H](OCc3ccccc3)[C@H](OCc3ccccc3)[C@H]2NC(=O)C(Cl)(Cl)Cl)[C@H](OCc2ccccc2)[C@@H]1OCC=C. The highest BCUT2D eigenvalue weighted by molar-refractivity contribution is 6.99. The molecular weight excluding hydrogens is 1860 g/mol. The molecule has 20 atom stereocenters. The number of alkyl halides is 3. The molecule has 0 saturated carbocycles. The zero-order valence-corrected chi connectivity index (χ0v) is 82.4. The maximum Gasteiger partial charge on any atom is 0.303 e. The highest BCUT2D eigenvalue weighted by Gasteiger charge is 2.60. The third-order valence-corrected chi connectivity index (χ3v) is 30.3. The van der Waals surface area contributed by atoms with E-state index in [0.717, 1.165) is 60.4 Å². The lowest BCUT2D eigenvalue weighted by molar-refractivity contribution is -0.388. The van der Waals surface area contributed by atoms with Crippen LogP contribution in [0.1, 0.15) is 77.8 Å². The third-order valence-electron chi connectivity index (χ3n) is 24.7. The summed E-state index contributed by atoms with van der Waals surface area (Å²) in [6, 6.07) is 106. The minimum atomic E-state index is -3.49. The Morgan fingerprint density at radius 1 is 0.314 bits per heavy atom. The van der Waals surface area contributed by atoms with Gasteiger partial charge in [-0.3, -0.25) is 9.59 Å². The summed E-state index contributed by atoms with van der Waals surface area (Å²) in [4.78, 5) is 29.7. The fraction of sp³-hybridized carbons (Fsp3) is 0.363. The van der Waals surface area contributed by atoms with Gasteiger partial charge in [-0.05, 0) is 65.5 Å². The Bertz CT molecular complexity index is 5420. The van der Waals surface area contributed by atoms with Gasteiger partial charge >= 0.3 is 5.97 Å². The van der Waals surface area contributed by atoms with Crippen LogP contribution in [0.25, 0.3) is 0 Å². The van der Waals surface area contributed by atoms with Crippen molar-refractivity contribution in [2.24, 2.45) is 0 Å². The summed E-state index contributed by atoms with van der Waals surface area (Å²) in [6.07, 6.45) is -21.7. The predicted octanol–water partition coefficient (Wildman–Crippen LogP) is 18.3. The van der Waals surface area contributed by atoms with Gasteiger partial charge in [0.05, 0.1) is 99.1 Å². The first kappa shape index (κ1) is 104. The molecule has 1 amide bonds. The number of rotatable bonds is 49. The van der Waals surface area contributed by atoms with Gasteiger partial charge in [0.15, 0.2) is 31.3 Å². The number of carbonyl (C=O) groups excluding carboxylic acids is 2. The van der Waals surface area contributed by atoms with E-state index < -0.39 is 158 Å². The molecule has 0 aliphatic carbocycles. The van der Waals surface area contributed by atoms with Crippen LogP contribution in [0.3, 0.4) is 0 Å². The second-order valence-corrected chi connectivity index (χ2v) is 42.4.